The van der Waals surface area contributed by atoms with Crippen LogP contribution in [0.4, 0.5) is 0 Å². The van der Waals surface area contributed by atoms with E-state index in [1.54, 1.807) is 0 Å². The summed E-state index contributed by atoms with van der Waals surface area (Å²) in [5, 5.41) is 6.26. The number of nitrogens with zero attached hydrogens (tertiary/aromatic N) is 3. The number of hydrogen-bond donors (Lipinski definition) is 0. The van der Waals surface area contributed by atoms with Gasteiger partial charge in [-0.2, -0.15) is 0 Å². The third-order valence-corrected chi connectivity index (χ3v) is 9.10. The van der Waals surface area contributed by atoms with Crippen LogP contribution in [0.2, 0.25) is 0 Å². The van der Waals surface area contributed by atoms with E-state index in [2.05, 4.69) is 84.9 Å². The van der Waals surface area contributed by atoms with Gasteiger partial charge in [-0.25, -0.2) is 15.0 Å². The maximum Gasteiger partial charge on any atom is 0.164 e. The second-order valence-corrected chi connectivity index (χ2v) is 12.0. The molecule has 0 bridgehead atoms. The van der Waals surface area contributed by atoms with Crippen molar-refractivity contribution >= 4 is 54.6 Å². The highest BCUT2D eigenvalue weighted by Crippen LogP contribution is 2.42. The van der Waals surface area contributed by atoms with Crippen molar-refractivity contribution in [2.45, 2.75) is 0 Å². The first-order valence-electron chi connectivity index (χ1n) is 15.9. The first kappa shape index (κ1) is 26.6. The first-order valence-corrected chi connectivity index (χ1v) is 15.9. The fourth-order valence-electron chi connectivity index (χ4n) is 6.86. The predicted octanol–water partition coefficient (Wildman–Crippen LogP) is 11.5. The molecular weight excluding hydrogens is 590 g/mol. The summed E-state index contributed by atoms with van der Waals surface area (Å²) >= 11 is 0. The minimum atomic E-state index is 0.572. The van der Waals surface area contributed by atoms with Crippen molar-refractivity contribution in [3.63, 3.8) is 0 Å². The van der Waals surface area contributed by atoms with Crippen LogP contribution in [-0.4, -0.2) is 15.0 Å². The molecule has 0 saturated carbocycles. The fraction of sp³-hybridized carbons (Fsp3) is 0. The Kier molecular flexibility index (Phi) is 5.81. The molecule has 0 saturated heterocycles. The van der Waals surface area contributed by atoms with Gasteiger partial charge < -0.3 is 8.83 Å². The second kappa shape index (κ2) is 10.5. The van der Waals surface area contributed by atoms with E-state index in [4.69, 9.17) is 23.8 Å². The molecule has 0 N–H and O–H groups in total. The van der Waals surface area contributed by atoms with Crippen LogP contribution in [0.25, 0.3) is 99.9 Å². The van der Waals surface area contributed by atoms with Crippen molar-refractivity contribution in [1.82, 2.24) is 15.0 Å². The Balaban J connectivity index is 1.32. The third kappa shape index (κ3) is 4.22. The number of aromatic nitrogens is 3. The number of furan rings is 2. The van der Waals surface area contributed by atoms with E-state index >= 15 is 0 Å². The summed E-state index contributed by atoms with van der Waals surface area (Å²) in [5.74, 6) is 1.74. The van der Waals surface area contributed by atoms with Crippen LogP contribution in [0.1, 0.15) is 0 Å². The zero-order valence-electron chi connectivity index (χ0n) is 25.6. The summed E-state index contributed by atoms with van der Waals surface area (Å²) in [7, 11) is 0. The average molecular weight is 616 g/mol. The van der Waals surface area contributed by atoms with E-state index in [1.165, 1.54) is 0 Å². The summed E-state index contributed by atoms with van der Waals surface area (Å²) in [5.41, 5.74) is 7.99. The van der Waals surface area contributed by atoms with Crippen LogP contribution < -0.4 is 0 Å². The summed E-state index contributed by atoms with van der Waals surface area (Å²) in [6.07, 6.45) is 0. The fourth-order valence-corrected chi connectivity index (χ4v) is 6.86. The number of hydrogen-bond acceptors (Lipinski definition) is 5. The minimum absolute atomic E-state index is 0.572. The van der Waals surface area contributed by atoms with Crippen LogP contribution in [0.3, 0.4) is 0 Å². The average Bonchev–Trinajstić information content (AvgIpc) is 3.72. The van der Waals surface area contributed by atoms with Gasteiger partial charge in [-0.05, 0) is 58.3 Å². The highest BCUT2D eigenvalue weighted by Gasteiger charge is 2.22. The third-order valence-electron chi connectivity index (χ3n) is 9.10. The molecule has 3 heterocycles. The SMILES string of the molecule is c1ccc(-c2cc(-c3nc(-c4ccccc4)nc(-c4cccc5oc6ccccc6c45)n3)c3c(c2)oc2cc4ccccc4cc23)cc1. The van der Waals surface area contributed by atoms with E-state index in [0.717, 1.165) is 82.5 Å². The van der Waals surface area contributed by atoms with E-state index in [-0.39, 0.29) is 0 Å². The molecule has 5 nitrogen and oxygen atoms in total. The lowest BCUT2D eigenvalue weighted by Gasteiger charge is -2.11. The van der Waals surface area contributed by atoms with Crippen LogP contribution in [0.5, 0.6) is 0 Å². The van der Waals surface area contributed by atoms with E-state index in [0.29, 0.717) is 17.5 Å². The molecule has 0 aliphatic carbocycles. The van der Waals surface area contributed by atoms with Crippen molar-refractivity contribution in [2.24, 2.45) is 0 Å². The minimum Gasteiger partial charge on any atom is -0.456 e. The smallest absolute Gasteiger partial charge is 0.164 e. The Morgan fingerprint density at radius 3 is 1.75 bits per heavy atom. The highest BCUT2D eigenvalue weighted by atomic mass is 16.3. The zero-order chi connectivity index (χ0) is 31.6. The van der Waals surface area contributed by atoms with Crippen molar-refractivity contribution in [2.75, 3.05) is 0 Å². The van der Waals surface area contributed by atoms with Gasteiger partial charge in [0, 0.05) is 38.2 Å². The van der Waals surface area contributed by atoms with Gasteiger partial charge in [-0.15, -0.1) is 0 Å². The molecule has 5 heteroatoms. The quantitative estimate of drug-likeness (QED) is 0.197. The largest absolute Gasteiger partial charge is 0.456 e. The van der Waals surface area contributed by atoms with Crippen LogP contribution in [0.15, 0.2) is 160 Å². The summed E-state index contributed by atoms with van der Waals surface area (Å²) in [4.78, 5) is 15.5. The predicted molar refractivity (Wildman–Crippen MR) is 194 cm³/mol. The molecule has 7 aromatic carbocycles. The molecule has 224 valence electrons. The molecule has 0 spiro atoms. The van der Waals surface area contributed by atoms with Gasteiger partial charge >= 0.3 is 0 Å². The Bertz CT molecular complexity index is 2840. The molecule has 0 atom stereocenters. The lowest BCUT2D eigenvalue weighted by molar-refractivity contribution is 0.669. The summed E-state index contributed by atoms with van der Waals surface area (Å²) < 4.78 is 12.9. The Morgan fingerprint density at radius 1 is 0.333 bits per heavy atom. The molecule has 10 aromatic rings. The maximum absolute atomic E-state index is 6.63. The van der Waals surface area contributed by atoms with Crippen LogP contribution >= 0.6 is 0 Å². The molecule has 10 rings (SSSR count). The van der Waals surface area contributed by atoms with Crippen LogP contribution in [0, 0.1) is 0 Å². The standard InChI is InChI=1S/C43H25N3O2/c1-3-12-26(13-4-1)30-23-34(40-33-22-28-16-7-8-17-29(28)24-37(33)48-38(40)25-30)43-45-41(27-14-5-2-6-15-27)44-42(46-43)32-19-11-21-36-39(32)31-18-9-10-20-35(31)47-36/h1-25H. The molecule has 0 aliphatic rings. The Morgan fingerprint density at radius 2 is 0.938 bits per heavy atom. The van der Waals surface area contributed by atoms with Crippen molar-refractivity contribution in [3.8, 4) is 45.3 Å². The van der Waals surface area contributed by atoms with E-state index in [1.807, 2.05) is 66.7 Å². The molecule has 3 aromatic heterocycles. The van der Waals surface area contributed by atoms with Gasteiger partial charge in [0.1, 0.15) is 22.3 Å². The molecule has 0 radical (unpaired) electrons. The topological polar surface area (TPSA) is 65.0 Å². The molecular formula is C43H25N3O2. The van der Waals surface area contributed by atoms with Gasteiger partial charge in [0.15, 0.2) is 17.5 Å². The summed E-state index contributed by atoms with van der Waals surface area (Å²) in [6.45, 7) is 0. The highest BCUT2D eigenvalue weighted by molar-refractivity contribution is 6.16. The molecule has 0 fully saturated rings. The molecule has 48 heavy (non-hydrogen) atoms. The van der Waals surface area contributed by atoms with Crippen LogP contribution in [-0.2, 0) is 0 Å². The van der Waals surface area contributed by atoms with Gasteiger partial charge in [-0.1, -0.05) is 115 Å². The normalized spacial score (nSPS) is 11.8. The van der Waals surface area contributed by atoms with E-state index < -0.39 is 0 Å². The maximum atomic E-state index is 6.63. The number of fused-ring (bicyclic) bond motifs is 7. The lowest BCUT2D eigenvalue weighted by Crippen LogP contribution is -2.01. The van der Waals surface area contributed by atoms with E-state index in [9.17, 15) is 0 Å². The van der Waals surface area contributed by atoms with Gasteiger partial charge in [0.2, 0.25) is 0 Å². The number of rotatable bonds is 4. The zero-order valence-corrected chi connectivity index (χ0v) is 25.6. The Hall–Kier alpha value is -6.59. The van der Waals surface area contributed by atoms with Gasteiger partial charge in [-0.3, -0.25) is 0 Å². The molecule has 0 aliphatic heterocycles. The second-order valence-electron chi connectivity index (χ2n) is 12.0. The number of para-hydroxylation sites is 1. The lowest BCUT2D eigenvalue weighted by atomic mass is 9.97. The van der Waals surface area contributed by atoms with Crippen molar-refractivity contribution in [3.05, 3.63) is 152 Å². The Labute approximate surface area is 274 Å². The van der Waals surface area contributed by atoms with Gasteiger partial charge in [0.25, 0.3) is 0 Å². The number of benzene rings is 7. The van der Waals surface area contributed by atoms with Gasteiger partial charge in [0.05, 0.1) is 0 Å². The van der Waals surface area contributed by atoms with Crippen molar-refractivity contribution < 1.29 is 8.83 Å². The molecule has 0 amide bonds. The summed E-state index contributed by atoms with van der Waals surface area (Å²) in [6, 6.07) is 51.6. The molecule has 0 unspecified atom stereocenters. The first-order chi connectivity index (χ1) is 23.8. The van der Waals surface area contributed by atoms with Crippen molar-refractivity contribution in [1.29, 1.82) is 0 Å². The monoisotopic (exact) mass is 615 g/mol.